The Kier molecular flexibility index (Phi) is 4.55. The Labute approximate surface area is 214 Å². The zero-order chi connectivity index (χ0) is 25.3. The summed E-state index contributed by atoms with van der Waals surface area (Å²) in [5.41, 5.74) is 2.61. The van der Waals surface area contributed by atoms with Crippen LogP contribution in [0.15, 0.2) is 102 Å². The number of ketones is 3. The molecule has 1 fully saturated rings. The number of fused-ring (bicyclic) bond motifs is 5. The summed E-state index contributed by atoms with van der Waals surface area (Å²) in [6.45, 7) is 2.00. The second-order valence-corrected chi connectivity index (χ2v) is 10.0. The predicted molar refractivity (Wildman–Crippen MR) is 140 cm³/mol. The Bertz CT molecular complexity index is 1580. The maximum absolute atomic E-state index is 14.4. The number of rotatable bonds is 3. The first-order valence-corrected chi connectivity index (χ1v) is 12.4. The minimum Gasteiger partial charge on any atom is -0.469 e. The van der Waals surface area contributed by atoms with Crippen molar-refractivity contribution in [2.24, 2.45) is 5.41 Å². The van der Waals surface area contributed by atoms with E-state index in [-0.39, 0.29) is 17.3 Å². The summed E-state index contributed by atoms with van der Waals surface area (Å²) in [4.78, 5) is 45.3. The monoisotopic (exact) mass is 485 g/mol. The van der Waals surface area contributed by atoms with E-state index in [1.807, 2.05) is 60.4 Å². The third kappa shape index (κ3) is 2.77. The highest BCUT2D eigenvalue weighted by atomic mass is 16.3. The van der Waals surface area contributed by atoms with Crippen molar-refractivity contribution in [1.29, 1.82) is 0 Å². The third-order valence-corrected chi connectivity index (χ3v) is 8.14. The standard InChI is InChI=1S/C32H23NO4/c1-19-13-14-20-15-16-26-32(30(35)22-10-5-6-11-23(22)31(32)36)27(25-12-7-17-37-25)28(33(26)24(20)18-19)29(34)21-8-3-2-4-9-21/h2-18,26-28H,1H3/t26-,27+,28-/m0/s1. The van der Waals surface area contributed by atoms with Gasteiger partial charge in [0.05, 0.1) is 18.2 Å². The molecule has 1 spiro atoms. The molecule has 0 saturated carbocycles. The second kappa shape index (κ2) is 7.74. The van der Waals surface area contributed by atoms with Gasteiger partial charge < -0.3 is 9.32 Å². The van der Waals surface area contributed by atoms with Gasteiger partial charge in [0.2, 0.25) is 0 Å². The molecule has 1 saturated heterocycles. The van der Waals surface area contributed by atoms with Crippen LogP contribution in [0.3, 0.4) is 0 Å². The zero-order valence-electron chi connectivity index (χ0n) is 20.1. The average molecular weight is 486 g/mol. The van der Waals surface area contributed by atoms with E-state index in [9.17, 15) is 14.4 Å². The first-order valence-electron chi connectivity index (χ1n) is 12.4. The maximum atomic E-state index is 14.4. The number of hydrogen-bond acceptors (Lipinski definition) is 5. The van der Waals surface area contributed by atoms with Crippen LogP contribution in [-0.2, 0) is 0 Å². The van der Waals surface area contributed by atoms with Crippen molar-refractivity contribution in [1.82, 2.24) is 0 Å². The number of anilines is 1. The third-order valence-electron chi connectivity index (χ3n) is 8.14. The molecule has 0 amide bonds. The molecule has 0 unspecified atom stereocenters. The molecule has 7 rings (SSSR count). The fourth-order valence-electron chi connectivity index (χ4n) is 6.62. The lowest BCUT2D eigenvalue weighted by Crippen LogP contribution is -2.48. The van der Waals surface area contributed by atoms with Gasteiger partial charge in [0.1, 0.15) is 17.2 Å². The molecule has 5 nitrogen and oxygen atoms in total. The number of carbonyl (C=O) groups excluding carboxylic acids is 3. The van der Waals surface area contributed by atoms with Gasteiger partial charge >= 0.3 is 0 Å². The topological polar surface area (TPSA) is 67.6 Å². The summed E-state index contributed by atoms with van der Waals surface area (Å²) < 4.78 is 5.93. The SMILES string of the molecule is Cc1ccc2c(c1)N1[C@H](C(=O)c3ccccc3)[C@@H](c3ccco3)C3(C(=O)c4ccccc4C3=O)[C@@H]1C=C2. The van der Waals surface area contributed by atoms with Crippen LogP contribution < -0.4 is 4.90 Å². The molecule has 0 bridgehead atoms. The van der Waals surface area contributed by atoms with Gasteiger partial charge in [-0.2, -0.15) is 0 Å². The number of benzene rings is 3. The van der Waals surface area contributed by atoms with Crippen LogP contribution in [0.2, 0.25) is 0 Å². The van der Waals surface area contributed by atoms with Gasteiger partial charge in [-0.3, -0.25) is 14.4 Å². The van der Waals surface area contributed by atoms with Crippen molar-refractivity contribution < 1.29 is 18.8 Å². The van der Waals surface area contributed by atoms with E-state index in [4.69, 9.17) is 4.42 Å². The molecule has 1 aromatic heterocycles. The quantitative estimate of drug-likeness (QED) is 0.267. The Balaban J connectivity index is 1.55. The van der Waals surface area contributed by atoms with Crippen LogP contribution in [0.4, 0.5) is 5.69 Å². The average Bonchev–Trinajstić information content (AvgIpc) is 3.62. The highest BCUT2D eigenvalue weighted by molar-refractivity contribution is 6.32. The molecule has 0 N–H and O–H groups in total. The minimum atomic E-state index is -1.53. The van der Waals surface area contributed by atoms with Crippen molar-refractivity contribution in [3.8, 4) is 0 Å². The lowest BCUT2D eigenvalue weighted by Gasteiger charge is -2.37. The molecule has 37 heavy (non-hydrogen) atoms. The van der Waals surface area contributed by atoms with Gasteiger partial charge in [0.15, 0.2) is 17.3 Å². The molecule has 5 heteroatoms. The summed E-state index contributed by atoms with van der Waals surface area (Å²) >= 11 is 0. The summed E-state index contributed by atoms with van der Waals surface area (Å²) in [5, 5.41) is 0. The van der Waals surface area contributed by atoms with Gasteiger partial charge in [-0.25, -0.2) is 0 Å². The summed E-state index contributed by atoms with van der Waals surface area (Å²) in [7, 11) is 0. The Morgan fingerprint density at radius 3 is 2.24 bits per heavy atom. The van der Waals surface area contributed by atoms with E-state index in [0.717, 1.165) is 16.8 Å². The molecular weight excluding hydrogens is 462 g/mol. The zero-order valence-corrected chi connectivity index (χ0v) is 20.1. The lowest BCUT2D eigenvalue weighted by molar-refractivity contribution is 0.0652. The predicted octanol–water partition coefficient (Wildman–Crippen LogP) is 5.90. The summed E-state index contributed by atoms with van der Waals surface area (Å²) in [5.74, 6) is -1.02. The van der Waals surface area contributed by atoms with E-state index in [1.54, 1.807) is 48.5 Å². The summed E-state index contributed by atoms with van der Waals surface area (Å²) in [6, 6.07) is 24.2. The molecule has 3 heterocycles. The van der Waals surface area contributed by atoms with Gasteiger partial charge in [0, 0.05) is 22.4 Å². The number of aryl methyl sites for hydroxylation is 1. The smallest absolute Gasteiger partial charge is 0.186 e. The van der Waals surface area contributed by atoms with Crippen LogP contribution in [0.5, 0.6) is 0 Å². The Morgan fingerprint density at radius 1 is 0.865 bits per heavy atom. The molecular formula is C32H23NO4. The van der Waals surface area contributed by atoms with E-state index in [1.165, 1.54) is 6.26 Å². The molecule has 0 radical (unpaired) electrons. The van der Waals surface area contributed by atoms with Crippen LogP contribution >= 0.6 is 0 Å². The molecule has 180 valence electrons. The van der Waals surface area contributed by atoms with Gasteiger partial charge in [-0.1, -0.05) is 78.9 Å². The number of hydrogen-bond donors (Lipinski definition) is 0. The van der Waals surface area contributed by atoms with Gasteiger partial charge in [0.25, 0.3) is 0 Å². The van der Waals surface area contributed by atoms with E-state index in [2.05, 4.69) is 0 Å². The first kappa shape index (κ1) is 21.7. The fourth-order valence-corrected chi connectivity index (χ4v) is 6.62. The van der Waals surface area contributed by atoms with Gasteiger partial charge in [-0.15, -0.1) is 0 Å². The Morgan fingerprint density at radius 2 is 1.57 bits per heavy atom. The first-order chi connectivity index (χ1) is 18.0. The molecule has 1 aliphatic carbocycles. The minimum absolute atomic E-state index is 0.150. The van der Waals surface area contributed by atoms with Crippen molar-refractivity contribution in [3.05, 3.63) is 131 Å². The Hall–Kier alpha value is -4.51. The lowest BCUT2D eigenvalue weighted by atomic mass is 9.65. The van der Waals surface area contributed by atoms with E-state index in [0.29, 0.717) is 22.5 Å². The number of Topliss-reactive ketones (excluding diaryl/α,β-unsaturated/α-hetero) is 3. The highest BCUT2D eigenvalue weighted by Crippen LogP contribution is 2.61. The second-order valence-electron chi connectivity index (χ2n) is 10.0. The maximum Gasteiger partial charge on any atom is 0.186 e. The van der Waals surface area contributed by atoms with Crippen molar-refractivity contribution in [3.63, 3.8) is 0 Å². The van der Waals surface area contributed by atoms with Crippen LogP contribution in [0.1, 0.15) is 53.9 Å². The summed E-state index contributed by atoms with van der Waals surface area (Å²) in [6.07, 6.45) is 5.43. The number of carbonyl (C=O) groups is 3. The van der Waals surface area contributed by atoms with Crippen molar-refractivity contribution in [2.75, 3.05) is 4.90 Å². The molecule has 3 aliphatic rings. The van der Waals surface area contributed by atoms with Gasteiger partial charge in [-0.05, 0) is 36.2 Å². The van der Waals surface area contributed by atoms with E-state index >= 15 is 0 Å². The normalized spacial score (nSPS) is 22.7. The molecule has 3 aromatic carbocycles. The fraction of sp³-hybridized carbons (Fsp3) is 0.156. The number of furan rings is 1. The molecule has 3 atom stereocenters. The van der Waals surface area contributed by atoms with Crippen LogP contribution in [-0.4, -0.2) is 29.4 Å². The van der Waals surface area contributed by atoms with Crippen molar-refractivity contribution in [2.45, 2.75) is 24.9 Å². The molecule has 2 aliphatic heterocycles. The van der Waals surface area contributed by atoms with Crippen molar-refractivity contribution >= 4 is 29.1 Å². The largest absolute Gasteiger partial charge is 0.469 e. The van der Waals surface area contributed by atoms with Crippen LogP contribution in [0.25, 0.3) is 6.08 Å². The molecule has 4 aromatic rings. The highest BCUT2D eigenvalue weighted by Gasteiger charge is 2.72. The van der Waals surface area contributed by atoms with Crippen LogP contribution in [0, 0.1) is 12.3 Å². The number of nitrogens with zero attached hydrogens (tertiary/aromatic N) is 1. The van der Waals surface area contributed by atoms with E-state index < -0.39 is 23.4 Å².